The Bertz CT molecular complexity index is 755. The van der Waals surface area contributed by atoms with Crippen LogP contribution in [0.15, 0.2) is 60.7 Å². The predicted molar refractivity (Wildman–Crippen MR) is 115 cm³/mol. The highest BCUT2D eigenvalue weighted by atomic mass is 79.9. The SMILES string of the molecule is OC(c1ccccc1)(c1ccccc1)C12CC[N+](CC3CCCCO3)(CC1)CC2.[Br-]. The average molecular weight is 472 g/mol. The van der Waals surface area contributed by atoms with Crippen LogP contribution in [0.1, 0.15) is 49.7 Å². The molecule has 6 rings (SSSR count). The minimum Gasteiger partial charge on any atom is -1.00 e. The molecule has 30 heavy (non-hydrogen) atoms. The van der Waals surface area contributed by atoms with Gasteiger partial charge in [-0.15, -0.1) is 0 Å². The fraction of sp³-hybridized carbons (Fsp3) is 0.538. The summed E-state index contributed by atoms with van der Waals surface area (Å²) in [7, 11) is 0. The first-order valence-electron chi connectivity index (χ1n) is 11.5. The van der Waals surface area contributed by atoms with Gasteiger partial charge in [0.2, 0.25) is 0 Å². The summed E-state index contributed by atoms with van der Waals surface area (Å²) in [5, 5.41) is 12.4. The fourth-order valence-electron chi connectivity index (χ4n) is 6.40. The van der Waals surface area contributed by atoms with Crippen molar-refractivity contribution in [3.8, 4) is 0 Å². The zero-order valence-corrected chi connectivity index (χ0v) is 19.4. The van der Waals surface area contributed by atoms with E-state index >= 15 is 0 Å². The van der Waals surface area contributed by atoms with Crippen molar-refractivity contribution in [2.75, 3.05) is 32.8 Å². The maximum atomic E-state index is 12.4. The van der Waals surface area contributed by atoms with Gasteiger partial charge in [0.15, 0.2) is 0 Å². The van der Waals surface area contributed by atoms with Gasteiger partial charge in [0.25, 0.3) is 0 Å². The lowest BCUT2D eigenvalue weighted by atomic mass is 9.56. The van der Waals surface area contributed by atoms with E-state index in [4.69, 9.17) is 4.74 Å². The second-order valence-corrected chi connectivity index (χ2v) is 9.66. The highest BCUT2D eigenvalue weighted by molar-refractivity contribution is 5.39. The quantitative estimate of drug-likeness (QED) is 0.669. The summed E-state index contributed by atoms with van der Waals surface area (Å²) in [6.07, 6.45) is 7.46. The lowest BCUT2D eigenvalue weighted by molar-refractivity contribution is -0.949. The third-order valence-corrected chi connectivity index (χ3v) is 8.21. The molecule has 4 aliphatic rings. The van der Waals surface area contributed by atoms with Crippen molar-refractivity contribution < 1.29 is 31.3 Å². The van der Waals surface area contributed by atoms with Gasteiger partial charge in [-0.05, 0) is 30.4 Å². The van der Waals surface area contributed by atoms with Gasteiger partial charge < -0.3 is 31.3 Å². The van der Waals surface area contributed by atoms with Crippen LogP contribution in [0.25, 0.3) is 0 Å². The molecule has 3 nitrogen and oxygen atoms in total. The molecule has 4 saturated heterocycles. The zero-order valence-electron chi connectivity index (χ0n) is 17.8. The smallest absolute Gasteiger partial charge is 0.121 e. The molecule has 1 atom stereocenters. The van der Waals surface area contributed by atoms with Gasteiger partial charge in [-0.25, -0.2) is 0 Å². The Kier molecular flexibility index (Phi) is 6.41. The Morgan fingerprint density at radius 1 is 0.867 bits per heavy atom. The molecule has 1 unspecified atom stereocenters. The van der Waals surface area contributed by atoms with E-state index in [1.165, 1.54) is 49.9 Å². The van der Waals surface area contributed by atoms with Crippen molar-refractivity contribution in [1.82, 2.24) is 0 Å². The van der Waals surface area contributed by atoms with E-state index < -0.39 is 5.60 Å². The molecule has 0 aromatic heterocycles. The van der Waals surface area contributed by atoms with Crippen LogP contribution in [0.5, 0.6) is 0 Å². The molecule has 1 N–H and O–H groups in total. The minimum atomic E-state index is -0.923. The number of aliphatic hydroxyl groups is 1. The zero-order chi connectivity index (χ0) is 19.8. The molecule has 4 heteroatoms. The summed E-state index contributed by atoms with van der Waals surface area (Å²) in [6.45, 7) is 5.62. The number of fused-ring (bicyclic) bond motifs is 3. The summed E-state index contributed by atoms with van der Waals surface area (Å²) >= 11 is 0. The second-order valence-electron chi connectivity index (χ2n) is 9.66. The molecular weight excluding hydrogens is 438 g/mol. The maximum absolute atomic E-state index is 12.4. The summed E-state index contributed by atoms with van der Waals surface area (Å²) < 4.78 is 7.29. The van der Waals surface area contributed by atoms with Crippen molar-refractivity contribution in [3.63, 3.8) is 0 Å². The molecule has 0 spiro atoms. The Hall–Kier alpha value is -1.20. The van der Waals surface area contributed by atoms with Crippen LogP contribution in [0, 0.1) is 5.41 Å². The van der Waals surface area contributed by atoms with Crippen LogP contribution < -0.4 is 17.0 Å². The topological polar surface area (TPSA) is 29.5 Å². The molecule has 2 aromatic carbocycles. The maximum Gasteiger partial charge on any atom is 0.121 e. The largest absolute Gasteiger partial charge is 1.00 e. The highest BCUT2D eigenvalue weighted by Crippen LogP contribution is 2.57. The Balaban J connectivity index is 0.00000218. The van der Waals surface area contributed by atoms with E-state index in [1.54, 1.807) is 0 Å². The van der Waals surface area contributed by atoms with Crippen LogP contribution in [-0.2, 0) is 10.3 Å². The molecule has 0 aliphatic carbocycles. The first-order valence-corrected chi connectivity index (χ1v) is 11.5. The first-order chi connectivity index (χ1) is 14.2. The number of hydrogen-bond acceptors (Lipinski definition) is 2. The number of nitrogens with zero attached hydrogens (tertiary/aromatic N) is 1. The van der Waals surface area contributed by atoms with Crippen LogP contribution in [0.3, 0.4) is 0 Å². The van der Waals surface area contributed by atoms with Gasteiger partial charge in [-0.3, -0.25) is 0 Å². The number of benzene rings is 2. The monoisotopic (exact) mass is 471 g/mol. The van der Waals surface area contributed by atoms with E-state index in [0.29, 0.717) is 6.10 Å². The average Bonchev–Trinajstić information content (AvgIpc) is 2.81. The van der Waals surface area contributed by atoms with Gasteiger partial charge >= 0.3 is 0 Å². The van der Waals surface area contributed by atoms with Crippen LogP contribution in [0.2, 0.25) is 0 Å². The molecule has 2 aromatic rings. The van der Waals surface area contributed by atoms with Crippen molar-refractivity contribution >= 4 is 0 Å². The van der Waals surface area contributed by atoms with E-state index in [1.807, 2.05) is 12.1 Å². The fourth-order valence-corrected chi connectivity index (χ4v) is 6.40. The van der Waals surface area contributed by atoms with Crippen LogP contribution in [0.4, 0.5) is 0 Å². The summed E-state index contributed by atoms with van der Waals surface area (Å²) in [4.78, 5) is 0. The predicted octanol–water partition coefficient (Wildman–Crippen LogP) is 1.50. The first kappa shape index (κ1) is 22.0. The lowest BCUT2D eigenvalue weighted by Crippen LogP contribution is -3.00. The van der Waals surface area contributed by atoms with Crippen molar-refractivity contribution in [2.24, 2.45) is 5.41 Å². The second kappa shape index (κ2) is 8.74. The van der Waals surface area contributed by atoms with E-state index in [0.717, 1.165) is 37.0 Å². The molecule has 0 saturated carbocycles. The molecule has 4 heterocycles. The van der Waals surface area contributed by atoms with Gasteiger partial charge in [-0.2, -0.15) is 0 Å². The molecule has 4 aliphatic heterocycles. The summed E-state index contributed by atoms with van der Waals surface area (Å²) in [5.74, 6) is 0. The van der Waals surface area contributed by atoms with Crippen molar-refractivity contribution in [1.29, 1.82) is 0 Å². The van der Waals surface area contributed by atoms with E-state index in [9.17, 15) is 5.11 Å². The van der Waals surface area contributed by atoms with Crippen LogP contribution >= 0.6 is 0 Å². The van der Waals surface area contributed by atoms with E-state index in [-0.39, 0.29) is 22.4 Å². The number of quaternary nitrogens is 1. The molecule has 162 valence electrons. The Morgan fingerprint density at radius 3 is 1.87 bits per heavy atom. The number of ether oxygens (including phenoxy) is 1. The van der Waals surface area contributed by atoms with E-state index in [2.05, 4.69) is 48.5 Å². The summed E-state index contributed by atoms with van der Waals surface area (Å²) in [5.41, 5.74) is 1.09. The number of piperidine rings is 3. The third kappa shape index (κ3) is 3.66. The van der Waals surface area contributed by atoms with Gasteiger partial charge in [0.1, 0.15) is 18.2 Å². The van der Waals surface area contributed by atoms with Crippen LogP contribution in [-0.4, -0.2) is 48.5 Å². The normalized spacial score (nSPS) is 31.2. The van der Waals surface area contributed by atoms with Gasteiger partial charge in [0, 0.05) is 31.3 Å². The molecule has 2 bridgehead atoms. The van der Waals surface area contributed by atoms with Crippen molar-refractivity contribution in [3.05, 3.63) is 71.8 Å². The summed E-state index contributed by atoms with van der Waals surface area (Å²) in [6, 6.07) is 20.8. The Labute approximate surface area is 191 Å². The minimum absolute atomic E-state index is 0. The number of hydrogen-bond donors (Lipinski definition) is 1. The molecule has 4 fully saturated rings. The lowest BCUT2D eigenvalue weighted by Gasteiger charge is -2.60. The number of rotatable bonds is 5. The Morgan fingerprint density at radius 2 is 1.40 bits per heavy atom. The van der Waals surface area contributed by atoms with Gasteiger partial charge in [0.05, 0.1) is 19.6 Å². The van der Waals surface area contributed by atoms with Crippen molar-refractivity contribution in [2.45, 2.75) is 50.2 Å². The van der Waals surface area contributed by atoms with Gasteiger partial charge in [-0.1, -0.05) is 60.7 Å². The third-order valence-electron chi connectivity index (χ3n) is 8.21. The number of halogens is 1. The highest BCUT2D eigenvalue weighted by Gasteiger charge is 2.60. The molecular formula is C26H34BrNO2. The molecule has 0 radical (unpaired) electrons. The standard InChI is InChI=1S/C26H34NO2.BrH/c28-26(22-9-3-1-4-10-22,23-11-5-2-6-12-23)25-14-17-27(18-15-25,19-16-25)21-24-13-7-8-20-29-24;/h1-6,9-12,24,28H,7-8,13-21H2;1H/q+1;/p-1. The molecule has 0 amide bonds.